The molecule has 1 rings (SSSR count). The molecule has 0 atom stereocenters. The second kappa shape index (κ2) is 19.5. The fraction of sp³-hybridized carbons (Fsp3) is 0.619. The van der Waals surface area contributed by atoms with E-state index >= 15 is 0 Å². The van der Waals surface area contributed by atoms with Gasteiger partial charge in [-0.2, -0.15) is 10.4 Å². The topological polar surface area (TPSA) is 196 Å². The highest BCUT2D eigenvalue weighted by molar-refractivity contribution is 5.95. The first-order chi connectivity index (χ1) is 15.7. The van der Waals surface area contributed by atoms with Crippen molar-refractivity contribution >= 4 is 17.8 Å². The number of ether oxygens (including phenoxy) is 3. The Kier molecular flexibility index (Phi) is 19.0. The standard InChI is InChI=1S/C9H15N3O3.C9H13NO3.C3H9NO/c1-3-15-9(14)7-6(2)11-12(4-5-13)8(7)10;1-4-12-7(3)8(6-10)9(11)13-5-2;4-2-1-3-5/h13H,3-5,10H2,1-2H3;4-5H2,1-3H3;5H,1-4H2/b;8-7+;. The van der Waals surface area contributed by atoms with Crippen molar-refractivity contribution in [2.24, 2.45) is 5.73 Å². The minimum atomic E-state index is -0.629. The van der Waals surface area contributed by atoms with Crippen LogP contribution in [0.15, 0.2) is 11.3 Å². The molecule has 12 heteroatoms. The zero-order valence-electron chi connectivity index (χ0n) is 20.1. The van der Waals surface area contributed by atoms with Gasteiger partial charge in [0.05, 0.1) is 38.7 Å². The van der Waals surface area contributed by atoms with Gasteiger partial charge in [0.15, 0.2) is 5.57 Å². The molecule has 1 aromatic heterocycles. The number of allylic oxidation sites excluding steroid dienone is 1. The van der Waals surface area contributed by atoms with Crippen LogP contribution in [-0.4, -0.2) is 71.5 Å². The minimum absolute atomic E-state index is 0.0660. The third-order valence-corrected chi connectivity index (χ3v) is 3.62. The van der Waals surface area contributed by atoms with Gasteiger partial charge in [-0.15, -0.1) is 0 Å². The van der Waals surface area contributed by atoms with Crippen molar-refractivity contribution in [3.63, 3.8) is 0 Å². The molecular weight excluding hydrogens is 434 g/mol. The third kappa shape index (κ3) is 12.5. The molecule has 1 aromatic rings. The van der Waals surface area contributed by atoms with E-state index in [9.17, 15) is 9.59 Å². The Bertz CT molecular complexity index is 783. The van der Waals surface area contributed by atoms with E-state index < -0.39 is 11.9 Å². The van der Waals surface area contributed by atoms with Gasteiger partial charge in [0.1, 0.15) is 23.2 Å². The summed E-state index contributed by atoms with van der Waals surface area (Å²) in [5.41, 5.74) is 11.4. The Morgan fingerprint density at radius 1 is 1.09 bits per heavy atom. The summed E-state index contributed by atoms with van der Waals surface area (Å²) >= 11 is 0. The van der Waals surface area contributed by atoms with Crippen LogP contribution < -0.4 is 11.5 Å². The van der Waals surface area contributed by atoms with Crippen LogP contribution in [0, 0.1) is 18.3 Å². The van der Waals surface area contributed by atoms with Crippen LogP contribution in [0.2, 0.25) is 0 Å². The van der Waals surface area contributed by atoms with Gasteiger partial charge in [0.2, 0.25) is 0 Å². The summed E-state index contributed by atoms with van der Waals surface area (Å²) in [6.07, 6.45) is 0.722. The van der Waals surface area contributed by atoms with Crippen molar-refractivity contribution < 1.29 is 34.0 Å². The number of hydrogen-bond acceptors (Lipinski definition) is 11. The second-order valence-electron chi connectivity index (χ2n) is 6.08. The average Bonchev–Trinajstić information content (AvgIpc) is 3.04. The molecule has 0 radical (unpaired) electrons. The van der Waals surface area contributed by atoms with Gasteiger partial charge in [-0.05, 0) is 47.6 Å². The number of anilines is 1. The number of carbonyl (C=O) groups excluding carboxylic acids is 2. The molecule has 0 fully saturated rings. The number of aliphatic hydroxyl groups excluding tert-OH is 2. The van der Waals surface area contributed by atoms with Gasteiger partial charge in [0, 0.05) is 6.61 Å². The van der Waals surface area contributed by atoms with Gasteiger partial charge < -0.3 is 35.9 Å². The summed E-state index contributed by atoms with van der Waals surface area (Å²) in [4.78, 5) is 22.6. The van der Waals surface area contributed by atoms with Crippen LogP contribution >= 0.6 is 0 Å². The highest BCUT2D eigenvalue weighted by Gasteiger charge is 2.20. The second-order valence-corrected chi connectivity index (χ2v) is 6.08. The lowest BCUT2D eigenvalue weighted by Gasteiger charge is -2.05. The normalized spacial score (nSPS) is 10.4. The molecule has 1 heterocycles. The van der Waals surface area contributed by atoms with Crippen LogP contribution in [0.25, 0.3) is 0 Å². The number of carbonyl (C=O) groups is 2. The van der Waals surface area contributed by atoms with Gasteiger partial charge in [-0.3, -0.25) is 0 Å². The summed E-state index contributed by atoms with van der Waals surface area (Å²) in [6, 6.07) is 1.75. The molecule has 0 saturated heterocycles. The van der Waals surface area contributed by atoms with Crippen LogP contribution in [0.3, 0.4) is 0 Å². The molecule has 0 bridgehead atoms. The minimum Gasteiger partial charge on any atom is -0.497 e. The summed E-state index contributed by atoms with van der Waals surface area (Å²) in [5, 5.41) is 29.4. The van der Waals surface area contributed by atoms with E-state index in [4.69, 9.17) is 36.4 Å². The number of esters is 2. The maximum Gasteiger partial charge on any atom is 0.352 e. The average molecular weight is 472 g/mol. The molecule has 0 spiro atoms. The number of nitrogen functional groups attached to an aromatic ring is 1. The van der Waals surface area contributed by atoms with E-state index in [0.29, 0.717) is 31.2 Å². The molecule has 33 heavy (non-hydrogen) atoms. The number of hydrogen-bond donors (Lipinski definition) is 4. The van der Waals surface area contributed by atoms with E-state index in [1.807, 2.05) is 0 Å². The van der Waals surface area contributed by atoms with E-state index in [-0.39, 0.29) is 43.3 Å². The lowest BCUT2D eigenvalue weighted by Crippen LogP contribution is -2.11. The van der Waals surface area contributed by atoms with Crippen molar-refractivity contribution in [3.05, 3.63) is 22.6 Å². The fourth-order valence-corrected chi connectivity index (χ4v) is 2.17. The largest absolute Gasteiger partial charge is 0.497 e. The summed E-state index contributed by atoms with van der Waals surface area (Å²) < 4.78 is 15.9. The fourth-order valence-electron chi connectivity index (χ4n) is 2.17. The first-order valence-electron chi connectivity index (χ1n) is 10.5. The van der Waals surface area contributed by atoms with Crippen molar-refractivity contribution in [1.82, 2.24) is 9.78 Å². The van der Waals surface area contributed by atoms with E-state index in [2.05, 4.69) is 9.84 Å². The number of aryl methyl sites for hydroxylation is 1. The molecule has 0 saturated carbocycles. The Morgan fingerprint density at radius 3 is 2.06 bits per heavy atom. The first kappa shape index (κ1) is 32.0. The Morgan fingerprint density at radius 2 is 1.67 bits per heavy atom. The maximum atomic E-state index is 11.5. The van der Waals surface area contributed by atoms with Crippen molar-refractivity contribution in [1.29, 1.82) is 5.26 Å². The van der Waals surface area contributed by atoms with E-state index in [0.717, 1.165) is 6.42 Å². The van der Waals surface area contributed by atoms with Gasteiger partial charge in [-0.25, -0.2) is 14.3 Å². The number of nitriles is 1. The Hall–Kier alpha value is -3.14. The lowest BCUT2D eigenvalue weighted by molar-refractivity contribution is -0.138. The van der Waals surface area contributed by atoms with Crippen LogP contribution in [0.4, 0.5) is 5.82 Å². The molecule has 0 amide bonds. The van der Waals surface area contributed by atoms with Gasteiger partial charge in [0.25, 0.3) is 0 Å². The van der Waals surface area contributed by atoms with Gasteiger partial charge in [-0.1, -0.05) is 0 Å². The number of rotatable bonds is 10. The van der Waals surface area contributed by atoms with Crippen molar-refractivity contribution in [3.8, 4) is 6.07 Å². The number of aliphatic hydroxyl groups is 2. The van der Waals surface area contributed by atoms with Crippen LogP contribution in [0.1, 0.15) is 50.2 Å². The number of nitrogens with zero attached hydrogens (tertiary/aromatic N) is 3. The van der Waals surface area contributed by atoms with Crippen molar-refractivity contribution in [2.75, 3.05) is 45.3 Å². The smallest absolute Gasteiger partial charge is 0.352 e. The molecule has 0 aromatic carbocycles. The molecule has 0 aliphatic heterocycles. The highest BCUT2D eigenvalue weighted by atomic mass is 16.5. The summed E-state index contributed by atoms with van der Waals surface area (Å²) in [7, 11) is 0. The lowest BCUT2D eigenvalue weighted by atomic mass is 10.2. The predicted molar refractivity (Wildman–Crippen MR) is 122 cm³/mol. The van der Waals surface area contributed by atoms with Gasteiger partial charge >= 0.3 is 11.9 Å². The van der Waals surface area contributed by atoms with E-state index in [1.54, 1.807) is 40.7 Å². The molecule has 0 aliphatic rings. The number of nitrogens with two attached hydrogens (primary N) is 2. The van der Waals surface area contributed by atoms with Crippen molar-refractivity contribution in [2.45, 2.75) is 47.6 Å². The SMILES string of the molecule is CCOC(=O)/C(C#N)=C(\C)OCC.CCOC(=O)c1c(C)nn(CCO)c1N.NCCCO. The first-order valence-corrected chi connectivity index (χ1v) is 10.5. The Labute approximate surface area is 194 Å². The van der Waals surface area contributed by atoms with Crippen LogP contribution in [0.5, 0.6) is 0 Å². The predicted octanol–water partition coefficient (Wildman–Crippen LogP) is 0.654. The highest BCUT2D eigenvalue weighted by Crippen LogP contribution is 2.17. The summed E-state index contributed by atoms with van der Waals surface area (Å²) in [6.45, 7) is 10.4. The molecule has 6 N–H and O–H groups in total. The monoisotopic (exact) mass is 471 g/mol. The quantitative estimate of drug-likeness (QED) is 0.162. The summed E-state index contributed by atoms with van der Waals surface area (Å²) in [5.74, 6) is -0.559. The zero-order valence-corrected chi connectivity index (χ0v) is 20.1. The van der Waals surface area contributed by atoms with Crippen LogP contribution in [-0.2, 0) is 25.5 Å². The molecule has 0 unspecified atom stereocenters. The molecule has 0 aliphatic carbocycles. The maximum absolute atomic E-state index is 11.5. The molecular formula is C21H37N5O7. The molecule has 188 valence electrons. The van der Waals surface area contributed by atoms with E-state index in [1.165, 1.54) is 4.68 Å². The molecule has 12 nitrogen and oxygen atoms in total. The third-order valence-electron chi connectivity index (χ3n) is 3.62. The Balaban J connectivity index is 0. The number of aromatic nitrogens is 2. The zero-order chi connectivity index (χ0) is 25.8.